The lowest BCUT2D eigenvalue weighted by Gasteiger charge is -2.01. The molecule has 0 spiro atoms. The van der Waals surface area contributed by atoms with Crippen LogP contribution in [0.4, 0.5) is 5.00 Å². The number of nitro groups is 1. The quantitative estimate of drug-likeness (QED) is 0.434. The smallest absolute Gasteiger partial charge is 0.324 e. The summed E-state index contributed by atoms with van der Waals surface area (Å²) < 4.78 is 10.6. The van der Waals surface area contributed by atoms with Gasteiger partial charge in [-0.15, -0.1) is 0 Å². The molecule has 114 valence electrons. The third-order valence-electron chi connectivity index (χ3n) is 2.80. The lowest BCUT2D eigenvalue weighted by atomic mass is 10.3. The third kappa shape index (κ3) is 4.62. The monoisotopic (exact) mass is 311 g/mol. The van der Waals surface area contributed by atoms with Gasteiger partial charge < -0.3 is 14.5 Å². The molecule has 0 fully saturated rings. The molecule has 2 aromatic rings. The fourth-order valence-corrected chi connectivity index (χ4v) is 2.53. The van der Waals surface area contributed by atoms with Crippen LogP contribution in [-0.4, -0.2) is 36.7 Å². The standard InChI is InChI=1S/C13H17N3O4S/c1-19-8-7-14-6-2-3-12-15-9-10(20-12)11-4-5-13(21-11)16(17)18/h4-5,9,14H,2-3,6-8H2,1H3. The fourth-order valence-electron chi connectivity index (χ4n) is 1.76. The highest BCUT2D eigenvalue weighted by atomic mass is 32.1. The molecule has 0 aliphatic heterocycles. The Bertz CT molecular complexity index is 581. The zero-order valence-corrected chi connectivity index (χ0v) is 12.5. The van der Waals surface area contributed by atoms with Crippen molar-refractivity contribution in [3.05, 3.63) is 34.3 Å². The van der Waals surface area contributed by atoms with Gasteiger partial charge in [0, 0.05) is 26.1 Å². The molecule has 1 N–H and O–H groups in total. The first-order valence-corrected chi connectivity index (χ1v) is 7.41. The third-order valence-corrected chi connectivity index (χ3v) is 3.85. The second-order valence-corrected chi connectivity index (χ2v) is 5.42. The molecule has 7 nitrogen and oxygen atoms in total. The number of hydrogen-bond donors (Lipinski definition) is 1. The van der Waals surface area contributed by atoms with E-state index in [1.807, 2.05) is 0 Å². The number of methoxy groups -OCH3 is 1. The van der Waals surface area contributed by atoms with Gasteiger partial charge in [-0.05, 0) is 19.0 Å². The maximum Gasteiger partial charge on any atom is 0.324 e. The Balaban J connectivity index is 1.82. The number of ether oxygens (including phenoxy) is 1. The summed E-state index contributed by atoms with van der Waals surface area (Å²) in [7, 11) is 1.67. The molecule has 0 radical (unpaired) electrons. The van der Waals surface area contributed by atoms with Gasteiger partial charge in [0.1, 0.15) is 0 Å². The number of nitrogens with one attached hydrogen (secondary N) is 1. The number of aryl methyl sites for hydroxylation is 1. The Morgan fingerprint density at radius 3 is 3.05 bits per heavy atom. The molecule has 0 bridgehead atoms. The van der Waals surface area contributed by atoms with Crippen LogP contribution in [0.25, 0.3) is 10.6 Å². The number of nitrogens with zero attached hydrogens (tertiary/aromatic N) is 2. The van der Waals surface area contributed by atoms with Crippen molar-refractivity contribution in [2.75, 3.05) is 26.8 Å². The topological polar surface area (TPSA) is 90.4 Å². The predicted octanol–water partition coefficient (Wildman–Crippen LogP) is 2.48. The summed E-state index contributed by atoms with van der Waals surface area (Å²) in [5, 5.41) is 14.0. The van der Waals surface area contributed by atoms with Gasteiger partial charge in [0.05, 0.1) is 22.6 Å². The highest BCUT2D eigenvalue weighted by molar-refractivity contribution is 7.18. The van der Waals surface area contributed by atoms with Gasteiger partial charge >= 0.3 is 5.00 Å². The van der Waals surface area contributed by atoms with E-state index in [1.54, 1.807) is 19.4 Å². The number of rotatable bonds is 9. The van der Waals surface area contributed by atoms with Crippen LogP contribution in [0.3, 0.4) is 0 Å². The number of aromatic nitrogens is 1. The molecule has 0 aromatic carbocycles. The van der Waals surface area contributed by atoms with Crippen LogP contribution in [0.2, 0.25) is 0 Å². The van der Waals surface area contributed by atoms with E-state index in [-0.39, 0.29) is 5.00 Å². The first kappa shape index (κ1) is 15.6. The van der Waals surface area contributed by atoms with E-state index in [0.29, 0.717) is 18.3 Å². The number of hydrogen-bond acceptors (Lipinski definition) is 7. The summed E-state index contributed by atoms with van der Waals surface area (Å²) in [6.45, 7) is 2.39. The zero-order chi connectivity index (χ0) is 15.1. The van der Waals surface area contributed by atoms with Crippen molar-refractivity contribution in [2.45, 2.75) is 12.8 Å². The predicted molar refractivity (Wildman–Crippen MR) is 79.5 cm³/mol. The molecule has 0 amide bonds. The first-order chi connectivity index (χ1) is 10.2. The summed E-state index contributed by atoms with van der Waals surface area (Å²) in [5.41, 5.74) is 0. The second kappa shape index (κ2) is 7.87. The van der Waals surface area contributed by atoms with Gasteiger partial charge in [0.15, 0.2) is 11.7 Å². The van der Waals surface area contributed by atoms with Crippen LogP contribution in [0.1, 0.15) is 12.3 Å². The summed E-state index contributed by atoms with van der Waals surface area (Å²) >= 11 is 1.09. The molecule has 0 aliphatic rings. The van der Waals surface area contributed by atoms with Crippen molar-refractivity contribution in [2.24, 2.45) is 0 Å². The van der Waals surface area contributed by atoms with E-state index >= 15 is 0 Å². The van der Waals surface area contributed by atoms with Gasteiger partial charge in [-0.25, -0.2) is 4.98 Å². The minimum absolute atomic E-state index is 0.102. The Morgan fingerprint density at radius 1 is 1.48 bits per heavy atom. The maximum atomic E-state index is 10.7. The Labute approximate surface area is 126 Å². The van der Waals surface area contributed by atoms with E-state index in [4.69, 9.17) is 9.15 Å². The molecular weight excluding hydrogens is 294 g/mol. The van der Waals surface area contributed by atoms with Crippen LogP contribution in [0.15, 0.2) is 22.7 Å². The van der Waals surface area contributed by atoms with Crippen LogP contribution in [0, 0.1) is 10.1 Å². The van der Waals surface area contributed by atoms with Gasteiger partial charge in [-0.2, -0.15) is 0 Å². The molecule has 0 saturated heterocycles. The molecule has 2 heterocycles. The van der Waals surface area contributed by atoms with E-state index in [0.717, 1.165) is 42.1 Å². The van der Waals surface area contributed by atoms with Crippen molar-refractivity contribution in [1.82, 2.24) is 10.3 Å². The Morgan fingerprint density at radius 2 is 2.33 bits per heavy atom. The van der Waals surface area contributed by atoms with Crippen molar-refractivity contribution < 1.29 is 14.1 Å². The molecule has 0 unspecified atom stereocenters. The van der Waals surface area contributed by atoms with Crippen molar-refractivity contribution in [3.63, 3.8) is 0 Å². The molecule has 8 heteroatoms. The Hall–Kier alpha value is -1.77. The minimum Gasteiger partial charge on any atom is -0.440 e. The molecule has 0 atom stereocenters. The average Bonchev–Trinajstić information content (AvgIpc) is 3.11. The molecule has 0 aliphatic carbocycles. The Kier molecular flexibility index (Phi) is 5.85. The molecular formula is C13H17N3O4S. The average molecular weight is 311 g/mol. The van der Waals surface area contributed by atoms with E-state index < -0.39 is 4.92 Å². The van der Waals surface area contributed by atoms with Crippen LogP contribution < -0.4 is 5.32 Å². The zero-order valence-electron chi connectivity index (χ0n) is 11.7. The second-order valence-electron chi connectivity index (χ2n) is 4.36. The highest BCUT2D eigenvalue weighted by Gasteiger charge is 2.14. The summed E-state index contributed by atoms with van der Waals surface area (Å²) in [6, 6.07) is 3.15. The first-order valence-electron chi connectivity index (χ1n) is 6.59. The summed E-state index contributed by atoms with van der Waals surface area (Å²) in [5.74, 6) is 1.23. The van der Waals surface area contributed by atoms with Gasteiger partial charge in [0.25, 0.3) is 0 Å². The molecule has 2 aromatic heterocycles. The van der Waals surface area contributed by atoms with Gasteiger partial charge in [0.2, 0.25) is 0 Å². The van der Waals surface area contributed by atoms with Gasteiger partial charge in [-0.3, -0.25) is 10.1 Å². The van der Waals surface area contributed by atoms with E-state index in [2.05, 4.69) is 10.3 Å². The lowest BCUT2D eigenvalue weighted by molar-refractivity contribution is -0.380. The van der Waals surface area contributed by atoms with Crippen molar-refractivity contribution in [3.8, 4) is 10.6 Å². The van der Waals surface area contributed by atoms with E-state index in [1.165, 1.54) is 6.07 Å². The fraction of sp³-hybridized carbons (Fsp3) is 0.462. The van der Waals surface area contributed by atoms with Crippen LogP contribution in [0.5, 0.6) is 0 Å². The van der Waals surface area contributed by atoms with Crippen molar-refractivity contribution in [1.29, 1.82) is 0 Å². The van der Waals surface area contributed by atoms with Crippen LogP contribution >= 0.6 is 11.3 Å². The van der Waals surface area contributed by atoms with Crippen molar-refractivity contribution >= 4 is 16.3 Å². The van der Waals surface area contributed by atoms with Gasteiger partial charge in [-0.1, -0.05) is 11.3 Å². The SMILES string of the molecule is COCCNCCCc1ncc(-c2ccc([N+](=O)[O-])s2)o1. The molecule has 0 saturated carbocycles. The number of thiophene rings is 1. The largest absolute Gasteiger partial charge is 0.440 e. The number of oxazole rings is 1. The highest BCUT2D eigenvalue weighted by Crippen LogP contribution is 2.32. The van der Waals surface area contributed by atoms with E-state index in [9.17, 15) is 10.1 Å². The minimum atomic E-state index is -0.406. The summed E-state index contributed by atoms with van der Waals surface area (Å²) in [6.07, 6.45) is 3.25. The normalized spacial score (nSPS) is 10.9. The van der Waals surface area contributed by atoms with Crippen LogP contribution in [-0.2, 0) is 11.2 Å². The maximum absolute atomic E-state index is 10.7. The molecule has 2 rings (SSSR count). The lowest BCUT2D eigenvalue weighted by Crippen LogP contribution is -2.20. The molecule has 21 heavy (non-hydrogen) atoms. The summed E-state index contributed by atoms with van der Waals surface area (Å²) in [4.78, 5) is 15.2.